The van der Waals surface area contributed by atoms with Crippen LogP contribution in [-0.4, -0.2) is 20.8 Å². The average molecular weight is 249 g/mol. The zero-order valence-corrected chi connectivity index (χ0v) is 9.00. The number of carbonyl (C=O) groups is 1. The predicted octanol–water partition coefficient (Wildman–Crippen LogP) is 1.46. The number of nitrogens with one attached hydrogen (secondary N) is 1. The van der Waals surface area contributed by atoms with Gasteiger partial charge in [0.2, 0.25) is 0 Å². The van der Waals surface area contributed by atoms with Crippen LogP contribution in [0.2, 0.25) is 0 Å². The van der Waals surface area contributed by atoms with E-state index in [1.165, 1.54) is 29.1 Å². The van der Waals surface area contributed by atoms with E-state index in [0.29, 0.717) is 0 Å². The number of hydrogen-bond acceptors (Lipinski definition) is 3. The van der Waals surface area contributed by atoms with Gasteiger partial charge < -0.3 is 5.11 Å². The molecule has 0 unspecified atom stereocenters. The van der Waals surface area contributed by atoms with Crippen molar-refractivity contribution < 1.29 is 14.3 Å². The van der Waals surface area contributed by atoms with Crippen molar-refractivity contribution in [3.63, 3.8) is 0 Å². The van der Waals surface area contributed by atoms with E-state index in [-0.39, 0.29) is 11.4 Å². The normalized spacial score (nSPS) is 10.1. The van der Waals surface area contributed by atoms with Gasteiger partial charge in [0.25, 0.3) is 5.56 Å². The third kappa shape index (κ3) is 2.34. The summed E-state index contributed by atoms with van der Waals surface area (Å²) < 4.78 is 14.8. The molecule has 0 aliphatic carbocycles. The highest BCUT2D eigenvalue weighted by Gasteiger charge is 2.07. The molecule has 2 aromatic rings. The molecule has 0 radical (unpaired) electrons. The van der Waals surface area contributed by atoms with Crippen molar-refractivity contribution in [2.75, 3.05) is 5.32 Å². The molecule has 92 valence electrons. The van der Waals surface area contributed by atoms with Gasteiger partial charge in [-0.25, -0.2) is 9.18 Å². The molecule has 0 fully saturated rings. The van der Waals surface area contributed by atoms with Crippen molar-refractivity contribution in [2.24, 2.45) is 0 Å². The maximum atomic E-state index is 13.6. The van der Waals surface area contributed by atoms with E-state index in [9.17, 15) is 14.0 Å². The third-order valence-electron chi connectivity index (χ3n) is 2.20. The van der Waals surface area contributed by atoms with Gasteiger partial charge in [0.1, 0.15) is 5.82 Å². The first-order valence-corrected chi connectivity index (χ1v) is 4.90. The number of anilines is 1. The van der Waals surface area contributed by atoms with Crippen LogP contribution in [0.25, 0.3) is 5.69 Å². The Morgan fingerprint density at radius 1 is 1.44 bits per heavy atom. The van der Waals surface area contributed by atoms with Gasteiger partial charge in [0.15, 0.2) is 0 Å². The van der Waals surface area contributed by atoms with Crippen molar-refractivity contribution in [1.82, 2.24) is 9.55 Å². The van der Waals surface area contributed by atoms with Gasteiger partial charge in [0.05, 0.1) is 17.6 Å². The Balaban J connectivity index is 2.44. The van der Waals surface area contributed by atoms with E-state index < -0.39 is 17.5 Å². The molecule has 0 saturated heterocycles. The highest BCUT2D eigenvalue weighted by molar-refractivity contribution is 5.83. The molecular formula is C11H8FN3O3. The predicted molar refractivity (Wildman–Crippen MR) is 61.4 cm³/mol. The Bertz CT molecular complexity index is 654. The number of amides is 1. The van der Waals surface area contributed by atoms with Gasteiger partial charge in [0, 0.05) is 18.5 Å². The van der Waals surface area contributed by atoms with Crippen molar-refractivity contribution in [3.8, 4) is 5.69 Å². The topological polar surface area (TPSA) is 84.2 Å². The monoisotopic (exact) mass is 249 g/mol. The maximum Gasteiger partial charge on any atom is 0.409 e. The molecule has 1 heterocycles. The summed E-state index contributed by atoms with van der Waals surface area (Å²) in [5, 5.41) is 10.4. The van der Waals surface area contributed by atoms with Crippen LogP contribution >= 0.6 is 0 Å². The van der Waals surface area contributed by atoms with Crippen LogP contribution in [0.4, 0.5) is 14.9 Å². The number of nitrogens with zero attached hydrogens (tertiary/aromatic N) is 2. The lowest BCUT2D eigenvalue weighted by molar-refractivity contribution is 0.209. The van der Waals surface area contributed by atoms with Crippen LogP contribution in [0, 0.1) is 5.82 Å². The third-order valence-corrected chi connectivity index (χ3v) is 2.20. The minimum absolute atomic E-state index is 0.173. The quantitative estimate of drug-likeness (QED) is 0.843. The lowest BCUT2D eigenvalue weighted by Crippen LogP contribution is -2.17. The summed E-state index contributed by atoms with van der Waals surface area (Å²) in [5.41, 5.74) is -0.292. The van der Waals surface area contributed by atoms with Gasteiger partial charge in [-0.3, -0.25) is 19.7 Å². The molecule has 0 aliphatic rings. The van der Waals surface area contributed by atoms with Crippen LogP contribution in [0.5, 0.6) is 0 Å². The number of benzene rings is 1. The van der Waals surface area contributed by atoms with Gasteiger partial charge >= 0.3 is 6.09 Å². The summed E-state index contributed by atoms with van der Waals surface area (Å²) in [7, 11) is 0. The molecular weight excluding hydrogens is 241 g/mol. The minimum atomic E-state index is -1.36. The van der Waals surface area contributed by atoms with E-state index in [4.69, 9.17) is 5.11 Å². The average Bonchev–Trinajstić information content (AvgIpc) is 2.32. The number of hydrogen-bond donors (Lipinski definition) is 2. The van der Waals surface area contributed by atoms with Crippen LogP contribution in [0.1, 0.15) is 0 Å². The van der Waals surface area contributed by atoms with Crippen molar-refractivity contribution in [2.45, 2.75) is 0 Å². The first-order valence-electron chi connectivity index (χ1n) is 4.90. The molecule has 0 bridgehead atoms. The van der Waals surface area contributed by atoms with Gasteiger partial charge in [-0.05, 0) is 12.1 Å². The molecule has 6 nitrogen and oxygen atoms in total. The second-order valence-electron chi connectivity index (χ2n) is 3.38. The molecule has 1 aromatic heterocycles. The van der Waals surface area contributed by atoms with Crippen molar-refractivity contribution in [1.29, 1.82) is 0 Å². The van der Waals surface area contributed by atoms with E-state index in [2.05, 4.69) is 4.98 Å². The Kier molecular flexibility index (Phi) is 3.05. The smallest absolute Gasteiger partial charge is 0.409 e. The Hall–Kier alpha value is -2.70. The minimum Gasteiger partial charge on any atom is -0.465 e. The molecule has 2 N–H and O–H groups in total. The highest BCUT2D eigenvalue weighted by atomic mass is 19.1. The molecule has 2 rings (SSSR count). The van der Waals surface area contributed by atoms with Crippen molar-refractivity contribution >= 4 is 11.8 Å². The van der Waals surface area contributed by atoms with E-state index in [0.717, 1.165) is 12.3 Å². The molecule has 1 amide bonds. The summed E-state index contributed by atoms with van der Waals surface area (Å²) in [6, 6.07) is 3.73. The summed E-state index contributed by atoms with van der Waals surface area (Å²) in [6.07, 6.45) is 2.52. The Labute approximate surface area is 100 Å². The second kappa shape index (κ2) is 4.66. The van der Waals surface area contributed by atoms with Crippen molar-refractivity contribution in [3.05, 3.63) is 53.0 Å². The van der Waals surface area contributed by atoms with E-state index in [1.54, 1.807) is 0 Å². The van der Waals surface area contributed by atoms with Crippen LogP contribution in [0.3, 0.4) is 0 Å². The van der Waals surface area contributed by atoms with Gasteiger partial charge in [-0.2, -0.15) is 0 Å². The number of aromatic nitrogens is 2. The molecule has 0 atom stereocenters. The molecule has 1 aromatic carbocycles. The second-order valence-corrected chi connectivity index (χ2v) is 3.38. The number of carboxylic acid groups (broad SMARTS) is 1. The van der Waals surface area contributed by atoms with Gasteiger partial charge in [-0.15, -0.1) is 0 Å². The first kappa shape index (κ1) is 11.8. The molecule has 0 spiro atoms. The zero-order chi connectivity index (χ0) is 13.1. The number of rotatable bonds is 2. The molecule has 0 aliphatic heterocycles. The highest BCUT2D eigenvalue weighted by Crippen LogP contribution is 2.17. The van der Waals surface area contributed by atoms with Crippen LogP contribution in [0.15, 0.2) is 41.6 Å². The fourth-order valence-electron chi connectivity index (χ4n) is 1.43. The summed E-state index contributed by atoms with van der Waals surface area (Å²) >= 11 is 0. The summed E-state index contributed by atoms with van der Waals surface area (Å²) in [4.78, 5) is 25.5. The fraction of sp³-hybridized carbons (Fsp3) is 0. The Morgan fingerprint density at radius 3 is 2.83 bits per heavy atom. The largest absolute Gasteiger partial charge is 0.465 e. The number of halogens is 1. The van der Waals surface area contributed by atoms with E-state index in [1.807, 2.05) is 5.32 Å². The van der Waals surface area contributed by atoms with E-state index >= 15 is 0 Å². The Morgan fingerprint density at radius 2 is 2.22 bits per heavy atom. The first-order chi connectivity index (χ1) is 8.58. The summed E-state index contributed by atoms with van der Waals surface area (Å²) in [5.74, 6) is -0.765. The summed E-state index contributed by atoms with van der Waals surface area (Å²) in [6.45, 7) is 0. The standard InChI is InChI=1S/C11H8FN3O3/c12-8-5-7(1-2-9(8)14-11(17)18)15-4-3-13-6-10(15)16/h1-6,14H,(H,17,18). The molecule has 7 heteroatoms. The molecule has 0 saturated carbocycles. The van der Waals surface area contributed by atoms with Crippen LogP contribution in [-0.2, 0) is 0 Å². The molecule has 18 heavy (non-hydrogen) atoms. The van der Waals surface area contributed by atoms with Crippen LogP contribution < -0.4 is 10.9 Å². The lowest BCUT2D eigenvalue weighted by Gasteiger charge is -2.07. The maximum absolute atomic E-state index is 13.6. The van der Waals surface area contributed by atoms with Gasteiger partial charge in [-0.1, -0.05) is 0 Å². The lowest BCUT2D eigenvalue weighted by atomic mass is 10.2. The fourth-order valence-corrected chi connectivity index (χ4v) is 1.43. The zero-order valence-electron chi connectivity index (χ0n) is 9.00. The SMILES string of the molecule is O=C(O)Nc1ccc(-n2ccncc2=O)cc1F.